The lowest BCUT2D eigenvalue weighted by molar-refractivity contribution is -0.136. The number of rotatable bonds is 10. The van der Waals surface area contributed by atoms with Gasteiger partial charge >= 0.3 is 5.97 Å². The van der Waals surface area contributed by atoms with Crippen molar-refractivity contribution < 1.29 is 24.1 Å². The monoisotopic (exact) mass is 658 g/mol. The second-order valence-corrected chi connectivity index (χ2v) is 12.2. The molecule has 7 heteroatoms. The summed E-state index contributed by atoms with van der Waals surface area (Å²) < 4.78 is 20.8. The number of hydrogen-bond acceptors (Lipinski definition) is 4. The highest BCUT2D eigenvalue weighted by Crippen LogP contribution is 2.46. The highest BCUT2D eigenvalue weighted by atomic mass is 79.9. The summed E-state index contributed by atoms with van der Waals surface area (Å²) in [7, 11) is 1.70. The first kappa shape index (κ1) is 29.6. The minimum Gasteiger partial charge on any atom is -0.496 e. The molecule has 5 nitrogen and oxygen atoms in total. The third kappa shape index (κ3) is 7.44. The molecule has 0 bridgehead atoms. The number of benzene rings is 3. The van der Waals surface area contributed by atoms with E-state index in [1.165, 1.54) is 19.3 Å². The number of aliphatic carboxylic acids is 1. The lowest BCUT2D eigenvalue weighted by Gasteiger charge is -2.30. The van der Waals surface area contributed by atoms with Crippen molar-refractivity contribution in [1.29, 1.82) is 0 Å². The zero-order valence-electron chi connectivity index (χ0n) is 22.9. The molecule has 3 aromatic carbocycles. The Bertz CT molecular complexity index is 1290. The number of aryl methyl sites for hydroxylation is 1. The molecule has 1 aliphatic rings. The van der Waals surface area contributed by atoms with Gasteiger partial charge in [-0.05, 0) is 92.9 Å². The average Bonchev–Trinajstić information content (AvgIpc) is 2.89. The van der Waals surface area contributed by atoms with Crippen LogP contribution in [-0.4, -0.2) is 24.3 Å². The van der Waals surface area contributed by atoms with Gasteiger partial charge in [0.2, 0.25) is 0 Å². The van der Waals surface area contributed by atoms with E-state index in [0.717, 1.165) is 40.8 Å². The van der Waals surface area contributed by atoms with E-state index in [4.69, 9.17) is 14.2 Å². The largest absolute Gasteiger partial charge is 0.496 e. The number of methoxy groups -OCH3 is 1. The zero-order chi connectivity index (χ0) is 28.1. The first-order chi connectivity index (χ1) is 18.7. The minimum atomic E-state index is -0.887. The fraction of sp³-hybridized carbons (Fsp3) is 0.406. The maximum atomic E-state index is 11.3. The summed E-state index contributed by atoms with van der Waals surface area (Å²) in [6.45, 7) is 6.35. The van der Waals surface area contributed by atoms with E-state index < -0.39 is 5.97 Å². The van der Waals surface area contributed by atoms with Crippen molar-refractivity contribution in [3.63, 3.8) is 0 Å². The Morgan fingerprint density at radius 1 is 0.974 bits per heavy atom. The van der Waals surface area contributed by atoms with Gasteiger partial charge in [-0.15, -0.1) is 0 Å². The van der Waals surface area contributed by atoms with Crippen LogP contribution in [-0.2, 0) is 16.0 Å². The molecule has 1 N–H and O–H groups in total. The van der Waals surface area contributed by atoms with Gasteiger partial charge in [0.1, 0.15) is 17.6 Å². The summed E-state index contributed by atoms with van der Waals surface area (Å²) in [5, 5.41) is 9.26. The number of hydrogen-bond donors (Lipinski definition) is 1. The molecule has 39 heavy (non-hydrogen) atoms. The molecule has 0 aromatic heterocycles. The van der Waals surface area contributed by atoms with Crippen LogP contribution >= 0.6 is 31.9 Å². The molecule has 1 saturated carbocycles. The van der Waals surface area contributed by atoms with Gasteiger partial charge in [0.25, 0.3) is 0 Å². The fourth-order valence-corrected chi connectivity index (χ4v) is 6.61. The first-order valence-electron chi connectivity index (χ1n) is 13.5. The van der Waals surface area contributed by atoms with Crippen molar-refractivity contribution >= 4 is 37.8 Å². The standard InChI is InChI=1S/C32H36Br2O5/c1-19(2)24-17-29(39-32-26(33)14-21(15-27(32)34)16-30(35)36)25(18-28(24)37-4)31(22-10-8-9-20(3)13-22)38-23-11-6-5-7-12-23/h8-10,13-15,17-19,23,31H,5-7,11-12,16H2,1-4H3,(H,35,36). The molecule has 4 rings (SSSR count). The summed E-state index contributed by atoms with van der Waals surface area (Å²) >= 11 is 7.23. The van der Waals surface area contributed by atoms with Gasteiger partial charge in [-0.2, -0.15) is 0 Å². The zero-order valence-corrected chi connectivity index (χ0v) is 26.1. The van der Waals surface area contributed by atoms with Gasteiger partial charge in [-0.1, -0.05) is 62.9 Å². The van der Waals surface area contributed by atoms with Gasteiger partial charge in [0, 0.05) is 11.1 Å². The number of carboxylic acids is 1. The Balaban J connectivity index is 1.86. The maximum absolute atomic E-state index is 11.3. The highest BCUT2D eigenvalue weighted by molar-refractivity contribution is 9.11. The van der Waals surface area contributed by atoms with Gasteiger partial charge in [0.15, 0.2) is 5.75 Å². The van der Waals surface area contributed by atoms with Crippen molar-refractivity contribution in [1.82, 2.24) is 0 Å². The van der Waals surface area contributed by atoms with E-state index in [2.05, 4.69) is 89.0 Å². The molecular weight excluding hydrogens is 624 g/mol. The molecule has 1 aliphatic carbocycles. The van der Waals surface area contributed by atoms with Crippen LogP contribution in [0.25, 0.3) is 0 Å². The van der Waals surface area contributed by atoms with E-state index in [-0.39, 0.29) is 24.5 Å². The second-order valence-electron chi connectivity index (χ2n) is 10.5. The van der Waals surface area contributed by atoms with E-state index >= 15 is 0 Å². The van der Waals surface area contributed by atoms with Gasteiger partial charge < -0.3 is 19.3 Å². The number of halogens is 2. The van der Waals surface area contributed by atoms with E-state index in [1.807, 2.05) is 0 Å². The topological polar surface area (TPSA) is 65.0 Å². The summed E-state index contributed by atoms with van der Waals surface area (Å²) in [4.78, 5) is 11.3. The summed E-state index contributed by atoms with van der Waals surface area (Å²) in [5.41, 5.74) is 4.83. The third-order valence-electron chi connectivity index (χ3n) is 7.12. The lowest BCUT2D eigenvalue weighted by atomic mass is 9.92. The molecule has 208 valence electrons. The maximum Gasteiger partial charge on any atom is 0.307 e. The van der Waals surface area contributed by atoms with Crippen molar-refractivity contribution in [2.75, 3.05) is 7.11 Å². The Morgan fingerprint density at radius 3 is 2.23 bits per heavy atom. The van der Waals surface area contributed by atoms with Crippen molar-refractivity contribution in [2.45, 2.75) is 77.4 Å². The lowest BCUT2D eigenvalue weighted by Crippen LogP contribution is -2.21. The van der Waals surface area contributed by atoms with E-state index in [0.29, 0.717) is 26.0 Å². The van der Waals surface area contributed by atoms with Crippen molar-refractivity contribution in [3.05, 3.63) is 85.3 Å². The summed E-state index contributed by atoms with van der Waals surface area (Å²) in [6.07, 6.45) is 5.43. The van der Waals surface area contributed by atoms with Crippen LogP contribution in [0.5, 0.6) is 17.2 Å². The molecule has 1 atom stereocenters. The van der Waals surface area contributed by atoms with Crippen LogP contribution in [0.3, 0.4) is 0 Å². The van der Waals surface area contributed by atoms with Crippen LogP contribution in [0.4, 0.5) is 0 Å². The van der Waals surface area contributed by atoms with E-state index in [1.54, 1.807) is 19.2 Å². The predicted molar refractivity (Wildman–Crippen MR) is 161 cm³/mol. The smallest absolute Gasteiger partial charge is 0.307 e. The quantitative estimate of drug-likeness (QED) is 0.235. The van der Waals surface area contributed by atoms with Gasteiger partial charge in [-0.3, -0.25) is 4.79 Å². The van der Waals surface area contributed by atoms with Crippen molar-refractivity contribution in [3.8, 4) is 17.2 Å². The fourth-order valence-electron chi connectivity index (χ4n) is 5.17. The molecule has 3 aromatic rings. The number of carbonyl (C=O) groups is 1. The molecule has 0 heterocycles. The Morgan fingerprint density at radius 2 is 1.64 bits per heavy atom. The predicted octanol–water partition coefficient (Wildman–Crippen LogP) is 9.51. The Hall–Kier alpha value is -2.35. The molecule has 0 amide bonds. The summed E-state index contributed by atoms with van der Waals surface area (Å²) in [6, 6.07) is 16.1. The minimum absolute atomic E-state index is 0.0760. The first-order valence-corrected chi connectivity index (χ1v) is 15.1. The second kappa shape index (κ2) is 13.3. The molecule has 1 unspecified atom stereocenters. The summed E-state index contributed by atoms with van der Waals surface area (Å²) in [5.74, 6) is 1.37. The number of carboxylic acid groups (broad SMARTS) is 1. The molecule has 0 aliphatic heterocycles. The molecule has 0 spiro atoms. The van der Waals surface area contributed by atoms with Crippen LogP contribution in [0, 0.1) is 6.92 Å². The normalized spacial score (nSPS) is 14.8. The molecule has 0 saturated heterocycles. The van der Waals surface area contributed by atoms with Crippen LogP contribution in [0.15, 0.2) is 57.5 Å². The van der Waals surface area contributed by atoms with Gasteiger partial charge in [0.05, 0.1) is 28.6 Å². The van der Waals surface area contributed by atoms with Crippen LogP contribution in [0.1, 0.15) is 85.8 Å². The highest BCUT2D eigenvalue weighted by Gasteiger charge is 2.28. The van der Waals surface area contributed by atoms with E-state index in [9.17, 15) is 9.90 Å². The SMILES string of the molecule is COc1cc(C(OC2CCCCC2)c2cccc(C)c2)c(Oc2c(Br)cc(CC(=O)O)cc2Br)cc1C(C)C. The Kier molecular flexibility index (Phi) is 10.1. The van der Waals surface area contributed by atoms with Crippen molar-refractivity contribution in [2.24, 2.45) is 0 Å². The van der Waals surface area contributed by atoms with Crippen LogP contribution in [0.2, 0.25) is 0 Å². The molecular formula is C32H36Br2O5. The van der Waals surface area contributed by atoms with Gasteiger partial charge in [-0.25, -0.2) is 0 Å². The molecule has 0 radical (unpaired) electrons. The third-order valence-corrected chi connectivity index (χ3v) is 8.30. The Labute approximate surface area is 248 Å². The average molecular weight is 660 g/mol. The van der Waals surface area contributed by atoms with Crippen LogP contribution < -0.4 is 9.47 Å². The molecule has 1 fully saturated rings. The number of ether oxygens (including phenoxy) is 3.